The molecule has 1 heterocycles. The third-order valence-corrected chi connectivity index (χ3v) is 5.53. The number of Topliss-reactive ketones (excluding diaryl/α,β-unsaturated/α-hetero) is 1. The zero-order valence-corrected chi connectivity index (χ0v) is 18.9. The van der Waals surface area contributed by atoms with Gasteiger partial charge in [-0.05, 0) is 47.9 Å². The first-order valence-corrected chi connectivity index (χ1v) is 11.0. The Morgan fingerprint density at radius 2 is 1.74 bits per heavy atom. The van der Waals surface area contributed by atoms with Crippen LogP contribution in [0.1, 0.15) is 36.6 Å². The minimum atomic E-state index is -0.825. The Kier molecular flexibility index (Phi) is 6.46. The van der Waals surface area contributed by atoms with Gasteiger partial charge >= 0.3 is 0 Å². The Morgan fingerprint density at radius 3 is 2.38 bits per heavy atom. The van der Waals surface area contributed by atoms with Crippen molar-refractivity contribution in [3.05, 3.63) is 101 Å². The predicted molar refractivity (Wildman–Crippen MR) is 129 cm³/mol. The summed E-state index contributed by atoms with van der Waals surface area (Å²) >= 11 is 0. The van der Waals surface area contributed by atoms with Crippen LogP contribution in [0.15, 0.2) is 84.4 Å². The van der Waals surface area contributed by atoms with Crippen LogP contribution >= 0.6 is 0 Å². The average molecular weight is 453 g/mol. The van der Waals surface area contributed by atoms with Gasteiger partial charge in [0.2, 0.25) is 0 Å². The zero-order chi connectivity index (χ0) is 24.2. The molecule has 0 aromatic heterocycles. The lowest BCUT2D eigenvalue weighted by molar-refractivity contribution is -0.132. The lowest BCUT2D eigenvalue weighted by Gasteiger charge is -2.25. The fraction of sp³-hybridized carbons (Fsp3) is 0.179. The number of aliphatic hydroxyl groups excluding tert-OH is 1. The molecular formula is C28H24N2O4. The van der Waals surface area contributed by atoms with Crippen molar-refractivity contribution in [3.8, 4) is 11.8 Å². The molecule has 6 heteroatoms. The third-order valence-electron chi connectivity index (χ3n) is 5.53. The Labute approximate surface area is 198 Å². The Bertz CT molecular complexity index is 1290. The molecule has 3 aromatic rings. The molecule has 4 rings (SSSR count). The summed E-state index contributed by atoms with van der Waals surface area (Å²) in [6.45, 7) is 4.58. The molecule has 0 radical (unpaired) electrons. The fourth-order valence-electron chi connectivity index (χ4n) is 3.90. The molecule has 1 saturated heterocycles. The molecular weight excluding hydrogens is 428 g/mol. The van der Waals surface area contributed by atoms with Crippen molar-refractivity contribution in [2.75, 3.05) is 11.5 Å². The number of ether oxygens (including phenoxy) is 1. The largest absolute Gasteiger partial charge is 0.507 e. The number of hydrogen-bond acceptors (Lipinski definition) is 5. The van der Waals surface area contributed by atoms with Gasteiger partial charge in [0.05, 0.1) is 29.9 Å². The van der Waals surface area contributed by atoms with E-state index in [0.717, 1.165) is 0 Å². The van der Waals surface area contributed by atoms with Gasteiger partial charge in [0.25, 0.3) is 11.7 Å². The summed E-state index contributed by atoms with van der Waals surface area (Å²) < 4.78 is 5.77. The molecule has 1 unspecified atom stereocenters. The number of rotatable bonds is 6. The lowest BCUT2D eigenvalue weighted by atomic mass is 9.95. The van der Waals surface area contributed by atoms with Gasteiger partial charge in [-0.3, -0.25) is 14.5 Å². The number of nitriles is 1. The molecule has 1 amide bonds. The van der Waals surface area contributed by atoms with Crippen molar-refractivity contribution in [2.45, 2.75) is 19.9 Å². The van der Waals surface area contributed by atoms with Crippen LogP contribution in [0.2, 0.25) is 0 Å². The van der Waals surface area contributed by atoms with Gasteiger partial charge in [-0.2, -0.15) is 5.26 Å². The number of benzene rings is 3. The Hall–Kier alpha value is -4.37. The summed E-state index contributed by atoms with van der Waals surface area (Å²) in [5.41, 5.74) is 1.97. The summed E-state index contributed by atoms with van der Waals surface area (Å²) in [6, 6.07) is 23.6. The van der Waals surface area contributed by atoms with Gasteiger partial charge in [0, 0.05) is 11.3 Å². The number of amides is 1. The van der Waals surface area contributed by atoms with E-state index in [0.29, 0.717) is 40.7 Å². The molecule has 34 heavy (non-hydrogen) atoms. The number of ketones is 1. The Morgan fingerprint density at radius 1 is 1.03 bits per heavy atom. The number of hydrogen-bond donors (Lipinski definition) is 1. The van der Waals surface area contributed by atoms with E-state index in [-0.39, 0.29) is 11.3 Å². The first-order valence-electron chi connectivity index (χ1n) is 11.0. The van der Waals surface area contributed by atoms with Crippen LogP contribution in [0, 0.1) is 17.2 Å². The van der Waals surface area contributed by atoms with Gasteiger partial charge in [0.1, 0.15) is 11.5 Å². The third kappa shape index (κ3) is 4.41. The van der Waals surface area contributed by atoms with Crippen LogP contribution in [0.3, 0.4) is 0 Å². The predicted octanol–water partition coefficient (Wildman–Crippen LogP) is 5.22. The number of carbonyl (C=O) groups excluding carboxylic acids is 2. The van der Waals surface area contributed by atoms with Crippen molar-refractivity contribution in [1.82, 2.24) is 0 Å². The monoisotopic (exact) mass is 452 g/mol. The van der Waals surface area contributed by atoms with E-state index >= 15 is 0 Å². The highest BCUT2D eigenvalue weighted by Gasteiger charge is 2.46. The first kappa shape index (κ1) is 22.8. The Balaban J connectivity index is 1.84. The van der Waals surface area contributed by atoms with Crippen molar-refractivity contribution in [3.63, 3.8) is 0 Å². The summed E-state index contributed by atoms with van der Waals surface area (Å²) in [5, 5.41) is 20.4. The van der Waals surface area contributed by atoms with Crippen LogP contribution in [0.4, 0.5) is 5.69 Å². The second kappa shape index (κ2) is 9.63. The first-order chi connectivity index (χ1) is 16.4. The fourth-order valence-corrected chi connectivity index (χ4v) is 3.90. The maximum absolute atomic E-state index is 13.2. The van der Waals surface area contributed by atoms with Gasteiger partial charge in [0.15, 0.2) is 0 Å². The van der Waals surface area contributed by atoms with Crippen molar-refractivity contribution in [2.24, 2.45) is 5.92 Å². The van der Waals surface area contributed by atoms with Crippen molar-refractivity contribution < 1.29 is 19.4 Å². The topological polar surface area (TPSA) is 90.6 Å². The molecule has 1 atom stereocenters. The molecule has 3 aromatic carbocycles. The van der Waals surface area contributed by atoms with E-state index in [1.54, 1.807) is 48.5 Å². The maximum Gasteiger partial charge on any atom is 0.300 e. The molecule has 0 spiro atoms. The summed E-state index contributed by atoms with van der Waals surface area (Å²) in [6.07, 6.45) is 0. The summed E-state index contributed by atoms with van der Waals surface area (Å²) in [7, 11) is 0. The standard InChI is InChI=1S/C28H24N2O4/c1-18(2)17-34-23-10-6-9-21(15-23)26(31)24-25(20-7-4-3-5-8-20)30(28(33)27(24)32)22-13-11-19(16-29)12-14-22/h3-15,18,25,31H,17H2,1-2H3/b26-24-. The van der Waals surface area contributed by atoms with Crippen molar-refractivity contribution in [1.29, 1.82) is 5.26 Å². The number of anilines is 1. The van der Waals surface area contributed by atoms with Crippen LogP contribution in [0.5, 0.6) is 5.75 Å². The van der Waals surface area contributed by atoms with E-state index in [2.05, 4.69) is 0 Å². The maximum atomic E-state index is 13.2. The van der Waals surface area contributed by atoms with E-state index in [1.807, 2.05) is 50.2 Å². The summed E-state index contributed by atoms with van der Waals surface area (Å²) in [4.78, 5) is 27.8. The average Bonchev–Trinajstić information content (AvgIpc) is 3.13. The lowest BCUT2D eigenvalue weighted by Crippen LogP contribution is -2.29. The molecule has 0 saturated carbocycles. The molecule has 0 bridgehead atoms. The van der Waals surface area contributed by atoms with Gasteiger partial charge < -0.3 is 9.84 Å². The molecule has 1 aliphatic rings. The summed E-state index contributed by atoms with van der Waals surface area (Å²) in [5.74, 6) is -0.890. The van der Waals surface area contributed by atoms with Crippen LogP contribution in [-0.2, 0) is 9.59 Å². The van der Waals surface area contributed by atoms with Gasteiger partial charge in [-0.25, -0.2) is 0 Å². The second-order valence-electron chi connectivity index (χ2n) is 8.47. The quantitative estimate of drug-likeness (QED) is 0.315. The minimum absolute atomic E-state index is 0.00145. The zero-order valence-electron chi connectivity index (χ0n) is 18.9. The highest BCUT2D eigenvalue weighted by molar-refractivity contribution is 6.51. The smallest absolute Gasteiger partial charge is 0.300 e. The van der Waals surface area contributed by atoms with Gasteiger partial charge in [-0.1, -0.05) is 56.3 Å². The molecule has 1 N–H and O–H groups in total. The molecule has 6 nitrogen and oxygen atoms in total. The minimum Gasteiger partial charge on any atom is -0.507 e. The second-order valence-corrected chi connectivity index (χ2v) is 8.47. The normalized spacial score (nSPS) is 17.1. The molecule has 0 aliphatic carbocycles. The van der Waals surface area contributed by atoms with E-state index in [9.17, 15) is 14.7 Å². The van der Waals surface area contributed by atoms with Crippen LogP contribution in [-0.4, -0.2) is 23.4 Å². The van der Waals surface area contributed by atoms with E-state index < -0.39 is 17.7 Å². The highest BCUT2D eigenvalue weighted by atomic mass is 16.5. The number of aliphatic hydroxyl groups is 1. The molecule has 1 fully saturated rings. The highest BCUT2D eigenvalue weighted by Crippen LogP contribution is 2.42. The van der Waals surface area contributed by atoms with Crippen LogP contribution < -0.4 is 9.64 Å². The van der Waals surface area contributed by atoms with Gasteiger partial charge in [-0.15, -0.1) is 0 Å². The molecule has 170 valence electrons. The van der Waals surface area contributed by atoms with E-state index in [1.165, 1.54) is 4.90 Å². The number of nitrogens with zero attached hydrogens (tertiary/aromatic N) is 2. The molecule has 1 aliphatic heterocycles. The number of carbonyl (C=O) groups is 2. The van der Waals surface area contributed by atoms with Crippen molar-refractivity contribution >= 4 is 23.1 Å². The van der Waals surface area contributed by atoms with Crippen LogP contribution in [0.25, 0.3) is 5.76 Å². The van der Waals surface area contributed by atoms with E-state index in [4.69, 9.17) is 10.00 Å². The SMILES string of the molecule is CC(C)COc1cccc(/C(O)=C2/C(=O)C(=O)N(c3ccc(C#N)cc3)C2c2ccccc2)c1.